The van der Waals surface area contributed by atoms with E-state index in [1.54, 1.807) is 42.5 Å². The normalized spacial score (nSPS) is 26.9. The largest absolute Gasteiger partial charge is 0.321 e. The molecular weight excluding hydrogens is 411 g/mol. The van der Waals surface area contributed by atoms with Gasteiger partial charge in [0.15, 0.2) is 0 Å². The van der Waals surface area contributed by atoms with E-state index in [0.29, 0.717) is 27.0 Å². The van der Waals surface area contributed by atoms with E-state index >= 15 is 0 Å². The van der Waals surface area contributed by atoms with E-state index in [1.165, 1.54) is 4.90 Å². The van der Waals surface area contributed by atoms with Crippen LogP contribution in [0.5, 0.6) is 0 Å². The average molecular weight is 427 g/mol. The Morgan fingerprint density at radius 1 is 0.931 bits per heavy atom. The van der Waals surface area contributed by atoms with Crippen LogP contribution in [-0.4, -0.2) is 17.7 Å². The molecule has 146 valence electrons. The molecule has 5 rings (SSSR count). The standard InChI is InChI=1S/C22H16Cl2N2O3/c23-14-5-8-16(24)17(10-14)25-20(27)11-3-6-15(7-4-11)26-21(28)18-12-1-2-13(9-12)19(18)22(26)29/h1-8,10,12-13,18-19H,9H2,(H,25,27)/t12-,13-,18+,19+/m0/s1. The number of allylic oxidation sites excluding steroid dienone is 2. The number of fused-ring (bicyclic) bond motifs is 5. The average Bonchev–Trinajstić information content (AvgIpc) is 3.39. The lowest BCUT2D eigenvalue weighted by Crippen LogP contribution is -2.32. The van der Waals surface area contributed by atoms with Gasteiger partial charge >= 0.3 is 0 Å². The monoisotopic (exact) mass is 426 g/mol. The van der Waals surface area contributed by atoms with Gasteiger partial charge < -0.3 is 5.32 Å². The molecule has 5 nitrogen and oxygen atoms in total. The molecule has 3 amide bonds. The van der Waals surface area contributed by atoms with Crippen molar-refractivity contribution < 1.29 is 14.4 Å². The van der Waals surface area contributed by atoms with E-state index in [9.17, 15) is 14.4 Å². The van der Waals surface area contributed by atoms with Crippen LogP contribution in [0.2, 0.25) is 10.0 Å². The number of carbonyl (C=O) groups is 3. The molecule has 0 spiro atoms. The Labute approximate surface area is 177 Å². The number of benzene rings is 2. The minimum Gasteiger partial charge on any atom is -0.321 e. The third kappa shape index (κ3) is 2.88. The lowest BCUT2D eigenvalue weighted by molar-refractivity contribution is -0.123. The van der Waals surface area contributed by atoms with Crippen LogP contribution in [0.4, 0.5) is 11.4 Å². The van der Waals surface area contributed by atoms with Gasteiger partial charge in [0.25, 0.3) is 5.91 Å². The van der Waals surface area contributed by atoms with Gasteiger partial charge in [0.1, 0.15) is 0 Å². The van der Waals surface area contributed by atoms with Crippen molar-refractivity contribution in [1.82, 2.24) is 0 Å². The number of hydrogen-bond acceptors (Lipinski definition) is 3. The fraction of sp³-hybridized carbons (Fsp3) is 0.227. The molecule has 4 atom stereocenters. The molecule has 1 N–H and O–H groups in total. The highest BCUT2D eigenvalue weighted by atomic mass is 35.5. The molecule has 29 heavy (non-hydrogen) atoms. The SMILES string of the molecule is O=C(Nc1cc(Cl)ccc1Cl)c1ccc(N2C(=O)[C@H]3[C@H](C2=O)[C@H]2C=C[C@H]3C2)cc1. The first kappa shape index (κ1) is 18.4. The minimum absolute atomic E-state index is 0.139. The Kier molecular flexibility index (Phi) is 4.26. The van der Waals surface area contributed by atoms with Crippen LogP contribution in [0.25, 0.3) is 0 Å². The summed E-state index contributed by atoms with van der Waals surface area (Å²) < 4.78 is 0. The number of nitrogens with one attached hydrogen (secondary N) is 1. The number of nitrogens with zero attached hydrogens (tertiary/aromatic N) is 1. The first-order valence-corrected chi connectivity index (χ1v) is 10.1. The van der Waals surface area contributed by atoms with Crippen molar-refractivity contribution in [2.24, 2.45) is 23.7 Å². The number of hydrogen-bond donors (Lipinski definition) is 1. The Bertz CT molecular complexity index is 1050. The number of imide groups is 1. The van der Waals surface area contributed by atoms with Crippen molar-refractivity contribution in [1.29, 1.82) is 0 Å². The first-order chi connectivity index (χ1) is 13.9. The molecular formula is C22H16Cl2N2O3. The maximum absolute atomic E-state index is 12.9. The predicted molar refractivity (Wildman–Crippen MR) is 111 cm³/mol. The summed E-state index contributed by atoms with van der Waals surface area (Å²) in [6, 6.07) is 11.2. The molecule has 0 unspecified atom stereocenters. The minimum atomic E-state index is -0.362. The second kappa shape index (κ2) is 6.71. The van der Waals surface area contributed by atoms with Gasteiger partial charge in [-0.2, -0.15) is 0 Å². The summed E-state index contributed by atoms with van der Waals surface area (Å²) in [5, 5.41) is 3.55. The van der Waals surface area contributed by atoms with Gasteiger partial charge in [0, 0.05) is 10.6 Å². The van der Waals surface area contributed by atoms with Crippen LogP contribution >= 0.6 is 23.2 Å². The van der Waals surface area contributed by atoms with Crippen molar-refractivity contribution >= 4 is 52.3 Å². The van der Waals surface area contributed by atoms with Crippen molar-refractivity contribution in [3.8, 4) is 0 Å². The second-order valence-corrected chi connectivity index (χ2v) is 8.48. The van der Waals surface area contributed by atoms with Crippen molar-refractivity contribution in [2.75, 3.05) is 10.2 Å². The number of rotatable bonds is 3. The molecule has 1 saturated carbocycles. The van der Waals surface area contributed by atoms with Crippen LogP contribution in [0.15, 0.2) is 54.6 Å². The van der Waals surface area contributed by atoms with Gasteiger partial charge in [-0.05, 0) is 60.7 Å². The zero-order valence-corrected chi connectivity index (χ0v) is 16.7. The van der Waals surface area contributed by atoms with Gasteiger partial charge in [0.05, 0.1) is 28.2 Å². The molecule has 1 saturated heterocycles. The molecule has 1 heterocycles. The van der Waals surface area contributed by atoms with E-state index in [1.807, 2.05) is 0 Å². The zero-order valence-electron chi connectivity index (χ0n) is 15.1. The molecule has 1 aliphatic heterocycles. The molecule has 2 aromatic carbocycles. The van der Waals surface area contributed by atoms with Crippen LogP contribution in [0.3, 0.4) is 0 Å². The molecule has 7 heteroatoms. The van der Waals surface area contributed by atoms with Gasteiger partial charge in [-0.3, -0.25) is 19.3 Å². The maximum atomic E-state index is 12.9. The van der Waals surface area contributed by atoms with Gasteiger partial charge in [0.2, 0.25) is 11.8 Å². The Morgan fingerprint density at radius 3 is 2.17 bits per heavy atom. The molecule has 2 fully saturated rings. The molecule has 0 radical (unpaired) electrons. The molecule has 2 bridgehead atoms. The van der Waals surface area contributed by atoms with Crippen molar-refractivity contribution in [3.05, 3.63) is 70.2 Å². The highest BCUT2D eigenvalue weighted by molar-refractivity contribution is 6.36. The summed E-state index contributed by atoms with van der Waals surface area (Å²) in [5.41, 5.74) is 1.28. The third-order valence-corrected chi connectivity index (χ3v) is 6.60. The van der Waals surface area contributed by atoms with E-state index in [0.717, 1.165) is 6.42 Å². The molecule has 3 aliphatic rings. The van der Waals surface area contributed by atoms with Crippen LogP contribution in [-0.2, 0) is 9.59 Å². The van der Waals surface area contributed by atoms with Gasteiger partial charge in [-0.1, -0.05) is 35.4 Å². The molecule has 0 aromatic heterocycles. The summed E-state index contributed by atoms with van der Waals surface area (Å²) in [5.74, 6) is -0.799. The second-order valence-electron chi connectivity index (χ2n) is 7.64. The highest BCUT2D eigenvalue weighted by Crippen LogP contribution is 2.53. The van der Waals surface area contributed by atoms with E-state index in [4.69, 9.17) is 23.2 Å². The number of amides is 3. The van der Waals surface area contributed by atoms with Gasteiger partial charge in [-0.15, -0.1) is 0 Å². The third-order valence-electron chi connectivity index (χ3n) is 6.03. The number of anilines is 2. The number of carbonyl (C=O) groups excluding carboxylic acids is 3. The smallest absolute Gasteiger partial charge is 0.255 e. The van der Waals surface area contributed by atoms with Crippen molar-refractivity contribution in [3.63, 3.8) is 0 Å². The molecule has 2 aliphatic carbocycles. The zero-order chi connectivity index (χ0) is 20.3. The molecule has 2 aromatic rings. The topological polar surface area (TPSA) is 66.5 Å². The summed E-state index contributed by atoms with van der Waals surface area (Å²) in [7, 11) is 0. The Hall–Kier alpha value is -2.63. The van der Waals surface area contributed by atoms with Crippen LogP contribution in [0, 0.1) is 23.7 Å². The van der Waals surface area contributed by atoms with E-state index in [-0.39, 0.29) is 41.4 Å². The quantitative estimate of drug-likeness (QED) is 0.577. The summed E-state index contributed by atoms with van der Waals surface area (Å²) in [6.45, 7) is 0. The number of halogens is 2. The highest BCUT2D eigenvalue weighted by Gasteiger charge is 2.59. The first-order valence-electron chi connectivity index (χ1n) is 9.36. The lowest BCUT2D eigenvalue weighted by Gasteiger charge is -2.17. The predicted octanol–water partition coefficient (Wildman–Crippen LogP) is 4.56. The van der Waals surface area contributed by atoms with Crippen molar-refractivity contribution in [2.45, 2.75) is 6.42 Å². The fourth-order valence-corrected chi connectivity index (χ4v) is 5.04. The summed E-state index contributed by atoms with van der Waals surface area (Å²) in [4.78, 5) is 39.6. The van der Waals surface area contributed by atoms with Gasteiger partial charge in [-0.25, -0.2) is 0 Å². The lowest BCUT2D eigenvalue weighted by atomic mass is 9.85. The Balaban J connectivity index is 1.36. The van der Waals surface area contributed by atoms with E-state index in [2.05, 4.69) is 17.5 Å². The fourth-order valence-electron chi connectivity index (χ4n) is 4.71. The summed E-state index contributed by atoms with van der Waals surface area (Å²) >= 11 is 12.0. The maximum Gasteiger partial charge on any atom is 0.255 e. The Morgan fingerprint density at radius 2 is 1.55 bits per heavy atom. The van der Waals surface area contributed by atoms with E-state index < -0.39 is 0 Å². The summed E-state index contributed by atoms with van der Waals surface area (Å²) in [6.07, 6.45) is 5.02. The van der Waals surface area contributed by atoms with Crippen LogP contribution < -0.4 is 10.2 Å². The van der Waals surface area contributed by atoms with Crippen LogP contribution in [0.1, 0.15) is 16.8 Å².